The summed E-state index contributed by atoms with van der Waals surface area (Å²) in [6, 6.07) is 11.4. The number of rotatable bonds is 6. The second-order valence-electron chi connectivity index (χ2n) is 5.43. The first-order valence-electron chi connectivity index (χ1n) is 8.26. The van der Waals surface area contributed by atoms with Crippen LogP contribution in [0.3, 0.4) is 0 Å². The zero-order chi connectivity index (χ0) is 20.5. The number of nitrogens with two attached hydrogens (primary N) is 1. The van der Waals surface area contributed by atoms with E-state index in [4.69, 9.17) is 22.0 Å². The van der Waals surface area contributed by atoms with Crippen LogP contribution < -0.4 is 16.5 Å². The number of hydrogen-bond donors (Lipinski definition) is 5. The predicted octanol–water partition coefficient (Wildman–Crippen LogP) is 3.55. The molecule has 1 aromatic carbocycles. The Balaban J connectivity index is 0.00000136. The minimum Gasteiger partial charge on any atom is -0.404 e. The first kappa shape index (κ1) is 23.6. The molecular weight excluding hydrogens is 384 g/mol. The second kappa shape index (κ2) is 11.4. The summed E-state index contributed by atoms with van der Waals surface area (Å²) in [7, 11) is 1.89. The average Bonchev–Trinajstić information content (AvgIpc) is 2.75. The Morgan fingerprint density at radius 2 is 2.03 bits per heavy atom. The smallest absolute Gasteiger partial charge is 0.142 e. The van der Waals surface area contributed by atoms with Crippen molar-refractivity contribution in [2.45, 2.75) is 18.2 Å². The summed E-state index contributed by atoms with van der Waals surface area (Å²) in [4.78, 5) is 5.44. The number of pyridine rings is 1. The van der Waals surface area contributed by atoms with Gasteiger partial charge in [-0.25, -0.2) is 4.68 Å². The van der Waals surface area contributed by atoms with Crippen molar-refractivity contribution >= 4 is 46.9 Å². The number of benzene rings is 1. The molecule has 0 unspecified atom stereocenters. The molecule has 9 heteroatoms. The van der Waals surface area contributed by atoms with Crippen LogP contribution in [0.5, 0.6) is 0 Å². The number of hydrogen-bond acceptors (Lipinski definition) is 8. The maximum Gasteiger partial charge on any atom is 0.142 e. The van der Waals surface area contributed by atoms with Crippen molar-refractivity contribution in [1.82, 2.24) is 14.8 Å². The maximum absolute atomic E-state index is 8.04. The van der Waals surface area contributed by atoms with Gasteiger partial charge in [0.2, 0.25) is 0 Å². The molecule has 0 radical (unpaired) electrons. The highest BCUT2D eigenvalue weighted by molar-refractivity contribution is 7.98. The number of nitrogens with one attached hydrogen (secondary N) is 4. The normalized spacial score (nSPS) is 10.4. The van der Waals surface area contributed by atoms with Crippen LogP contribution in [0.25, 0.3) is 16.5 Å². The summed E-state index contributed by atoms with van der Waals surface area (Å²) < 4.78 is 1.58. The van der Waals surface area contributed by atoms with Gasteiger partial charge >= 0.3 is 0 Å². The number of fused-ring (bicyclic) bond motifs is 1. The Morgan fingerprint density at radius 3 is 2.69 bits per heavy atom. The lowest BCUT2D eigenvalue weighted by Gasteiger charge is -2.10. The molecule has 0 aliphatic carbocycles. The molecule has 2 heterocycles. The Hall–Kier alpha value is -3.46. The molecule has 8 nitrogen and oxygen atoms in total. The van der Waals surface area contributed by atoms with Crippen molar-refractivity contribution in [2.24, 2.45) is 5.73 Å². The van der Waals surface area contributed by atoms with E-state index < -0.39 is 0 Å². The number of anilines is 1. The van der Waals surface area contributed by atoms with Crippen molar-refractivity contribution in [3.63, 3.8) is 0 Å². The molecule has 0 aliphatic rings. The number of nitrogens with zero attached hydrogens (tertiary/aromatic N) is 3. The van der Waals surface area contributed by atoms with Gasteiger partial charge in [-0.3, -0.25) is 10.4 Å². The van der Waals surface area contributed by atoms with Crippen molar-refractivity contribution in [1.29, 1.82) is 16.2 Å². The highest BCUT2D eigenvalue weighted by Gasteiger charge is 2.06. The summed E-state index contributed by atoms with van der Waals surface area (Å²) in [6.07, 6.45) is 4.27. The molecule has 3 rings (SSSR count). The molecule has 0 amide bonds. The minimum atomic E-state index is 0. The van der Waals surface area contributed by atoms with Crippen LogP contribution >= 0.6 is 11.8 Å². The van der Waals surface area contributed by atoms with Crippen LogP contribution in [0.2, 0.25) is 0 Å². The molecule has 0 bridgehead atoms. The molecule has 29 heavy (non-hydrogen) atoms. The molecule has 2 aromatic heterocycles. The van der Waals surface area contributed by atoms with E-state index in [0.717, 1.165) is 27.7 Å². The molecule has 6 N–H and O–H groups in total. The first-order valence-corrected chi connectivity index (χ1v) is 9.25. The standard InChI is InChI=1S/C18H19N7S.CH3N.CH4/c1-22-16-6-7-23-17-3-2-13(8-14(16)17)26-11-25-18(21)5-4-15(24-25)12(9-19)10-20;1-2;/h2-10,19,21H,11,20H2,1H3,(H,22,23);2H,1H2;1H4/b12-10+,19-9?,21-18?;;. The van der Waals surface area contributed by atoms with E-state index in [1.165, 1.54) is 6.20 Å². The van der Waals surface area contributed by atoms with Gasteiger partial charge in [0.15, 0.2) is 0 Å². The maximum atomic E-state index is 8.04. The van der Waals surface area contributed by atoms with Gasteiger partial charge in [0, 0.05) is 47.2 Å². The van der Waals surface area contributed by atoms with E-state index in [2.05, 4.69) is 28.2 Å². The third kappa shape index (κ3) is 5.52. The molecule has 0 saturated carbocycles. The molecule has 0 atom stereocenters. The zero-order valence-corrected chi connectivity index (χ0v) is 16.3. The fraction of sp³-hybridized carbons (Fsp3) is 0.150. The van der Waals surface area contributed by atoms with Gasteiger partial charge < -0.3 is 21.9 Å². The fourth-order valence-corrected chi connectivity index (χ4v) is 3.32. The van der Waals surface area contributed by atoms with E-state index >= 15 is 0 Å². The monoisotopic (exact) mass is 410 g/mol. The molecule has 0 spiro atoms. The van der Waals surface area contributed by atoms with E-state index in [0.29, 0.717) is 22.6 Å². The lowest BCUT2D eigenvalue weighted by atomic mass is 10.2. The van der Waals surface area contributed by atoms with Gasteiger partial charge in [-0.2, -0.15) is 5.10 Å². The zero-order valence-electron chi connectivity index (χ0n) is 15.4. The Morgan fingerprint density at radius 1 is 1.28 bits per heavy atom. The predicted molar refractivity (Wildman–Crippen MR) is 123 cm³/mol. The van der Waals surface area contributed by atoms with Gasteiger partial charge in [0.25, 0.3) is 0 Å². The van der Waals surface area contributed by atoms with Crippen molar-refractivity contribution in [3.05, 3.63) is 60.0 Å². The van der Waals surface area contributed by atoms with Gasteiger partial charge in [-0.05, 0) is 43.1 Å². The molecule has 3 aromatic rings. The number of allylic oxidation sites excluding steroid dienone is 1. The van der Waals surface area contributed by atoms with Crippen LogP contribution in [-0.2, 0) is 5.88 Å². The Labute approximate surface area is 174 Å². The highest BCUT2D eigenvalue weighted by atomic mass is 32.2. The van der Waals surface area contributed by atoms with Crippen LogP contribution in [0.15, 0.2) is 53.7 Å². The van der Waals surface area contributed by atoms with E-state index in [-0.39, 0.29) is 7.43 Å². The Kier molecular flexibility index (Phi) is 9.27. The summed E-state index contributed by atoms with van der Waals surface area (Å²) >= 11 is 1.57. The SMILES string of the molecule is C.C=N.CNc1ccnc2ccc(SCn3nc(/C(C=N)=C/N)ccc3=N)cc12. The quantitative estimate of drug-likeness (QED) is 0.312. The summed E-state index contributed by atoms with van der Waals surface area (Å²) in [5, 5.41) is 29.6. The number of aromatic nitrogens is 3. The van der Waals surface area contributed by atoms with E-state index in [1.807, 2.05) is 25.2 Å². The minimum absolute atomic E-state index is 0. The fourth-order valence-electron chi connectivity index (χ4n) is 2.49. The van der Waals surface area contributed by atoms with Crippen LogP contribution in [0.1, 0.15) is 13.1 Å². The lowest BCUT2D eigenvalue weighted by Crippen LogP contribution is -2.22. The topological polar surface area (TPSA) is 140 Å². The van der Waals surface area contributed by atoms with Crippen molar-refractivity contribution in [3.8, 4) is 0 Å². The third-order valence-electron chi connectivity index (χ3n) is 3.87. The van der Waals surface area contributed by atoms with E-state index in [9.17, 15) is 0 Å². The largest absolute Gasteiger partial charge is 0.404 e. The molecule has 0 saturated heterocycles. The van der Waals surface area contributed by atoms with Gasteiger partial charge in [0.1, 0.15) is 5.49 Å². The molecule has 0 aliphatic heterocycles. The lowest BCUT2D eigenvalue weighted by molar-refractivity contribution is 0.664. The van der Waals surface area contributed by atoms with Crippen molar-refractivity contribution in [2.75, 3.05) is 12.4 Å². The molecule has 0 fully saturated rings. The number of thioether (sulfide) groups is 1. The first-order chi connectivity index (χ1) is 13.7. The van der Waals surface area contributed by atoms with Gasteiger partial charge in [0.05, 0.1) is 17.1 Å². The molecule has 152 valence electrons. The summed E-state index contributed by atoms with van der Waals surface area (Å²) in [5.74, 6) is 0.475. The van der Waals surface area contributed by atoms with Crippen LogP contribution in [0, 0.1) is 16.2 Å². The summed E-state index contributed by atoms with van der Waals surface area (Å²) in [5.41, 5.74) is 8.85. The van der Waals surface area contributed by atoms with Gasteiger partial charge in [-0.15, -0.1) is 11.8 Å². The van der Waals surface area contributed by atoms with Gasteiger partial charge in [-0.1, -0.05) is 7.43 Å². The molecular formula is C20H26N8S. The average molecular weight is 411 g/mol. The van der Waals surface area contributed by atoms with Crippen molar-refractivity contribution < 1.29 is 0 Å². The second-order valence-corrected chi connectivity index (χ2v) is 6.45. The highest BCUT2D eigenvalue weighted by Crippen LogP contribution is 2.27. The third-order valence-corrected chi connectivity index (χ3v) is 4.83. The van der Waals surface area contributed by atoms with Crippen LogP contribution in [-0.4, -0.2) is 34.7 Å². The van der Waals surface area contributed by atoms with E-state index in [1.54, 1.807) is 34.8 Å². The Bertz CT molecular complexity index is 1060. The summed E-state index contributed by atoms with van der Waals surface area (Å²) in [6.45, 7) is 2.50. The van der Waals surface area contributed by atoms with Crippen LogP contribution in [0.4, 0.5) is 5.69 Å².